The van der Waals surface area contributed by atoms with E-state index in [9.17, 15) is 0 Å². The number of likely N-dealkylation sites (tertiary alicyclic amines) is 1. The van der Waals surface area contributed by atoms with Crippen molar-refractivity contribution in [1.82, 2.24) is 4.90 Å². The van der Waals surface area contributed by atoms with Crippen LogP contribution in [-0.4, -0.2) is 30.2 Å². The van der Waals surface area contributed by atoms with Crippen LogP contribution in [0.1, 0.15) is 24.8 Å². The second-order valence-corrected chi connectivity index (χ2v) is 5.83. The highest BCUT2D eigenvalue weighted by molar-refractivity contribution is 5.21. The predicted molar refractivity (Wildman–Crippen MR) is 66.7 cm³/mol. The normalized spacial score (nSPS) is 39.8. The van der Waals surface area contributed by atoms with Crippen LogP contribution in [0.4, 0.5) is 0 Å². The average Bonchev–Trinajstić information content (AvgIpc) is 2.92. The molecule has 2 nitrogen and oxygen atoms in total. The van der Waals surface area contributed by atoms with Crippen molar-refractivity contribution in [3.05, 3.63) is 35.9 Å². The molecule has 2 heteroatoms. The highest BCUT2D eigenvalue weighted by Crippen LogP contribution is 2.57. The lowest BCUT2D eigenvalue weighted by Crippen LogP contribution is -2.68. The van der Waals surface area contributed by atoms with E-state index in [4.69, 9.17) is 4.74 Å². The molecular formula is C15H19NO. The highest BCUT2D eigenvalue weighted by Gasteiger charge is 2.64. The first-order chi connectivity index (χ1) is 8.40. The van der Waals surface area contributed by atoms with Crippen LogP contribution in [0.3, 0.4) is 0 Å². The molecule has 1 spiro atoms. The molecule has 0 aromatic heterocycles. The third-order valence-corrected chi connectivity index (χ3v) is 5.10. The molecule has 2 saturated heterocycles. The maximum absolute atomic E-state index is 5.76. The first-order valence-corrected chi connectivity index (χ1v) is 6.78. The standard InChI is InChI=1S/C15H19NO/c1-2-5-12(6-3-1)9-16-13-7-4-8-15(13)11-17-10-14(15)16/h1-3,5-6,13-14H,4,7-11H2. The summed E-state index contributed by atoms with van der Waals surface area (Å²) in [7, 11) is 0. The second kappa shape index (κ2) is 3.56. The zero-order valence-corrected chi connectivity index (χ0v) is 10.1. The Bertz CT molecular complexity index is 396. The van der Waals surface area contributed by atoms with Crippen LogP contribution >= 0.6 is 0 Å². The second-order valence-electron chi connectivity index (χ2n) is 5.83. The summed E-state index contributed by atoms with van der Waals surface area (Å²) in [5.74, 6) is 0. The topological polar surface area (TPSA) is 12.5 Å². The van der Waals surface area contributed by atoms with E-state index in [0.29, 0.717) is 11.5 Å². The fourth-order valence-electron chi connectivity index (χ4n) is 4.33. The van der Waals surface area contributed by atoms with Crippen molar-refractivity contribution in [3.8, 4) is 0 Å². The van der Waals surface area contributed by atoms with Gasteiger partial charge in [0.1, 0.15) is 0 Å². The van der Waals surface area contributed by atoms with Crippen molar-refractivity contribution in [2.45, 2.75) is 37.9 Å². The highest BCUT2D eigenvalue weighted by atomic mass is 16.5. The van der Waals surface area contributed by atoms with Crippen LogP contribution in [0.25, 0.3) is 0 Å². The summed E-state index contributed by atoms with van der Waals surface area (Å²) in [6.07, 6.45) is 4.18. The van der Waals surface area contributed by atoms with Gasteiger partial charge in [-0.1, -0.05) is 36.8 Å². The van der Waals surface area contributed by atoms with E-state index in [0.717, 1.165) is 25.8 Å². The van der Waals surface area contributed by atoms with Gasteiger partial charge in [0.05, 0.1) is 13.2 Å². The predicted octanol–water partition coefficient (Wildman–Crippen LogP) is 2.44. The molecule has 2 heterocycles. The van der Waals surface area contributed by atoms with Gasteiger partial charge in [-0.3, -0.25) is 4.90 Å². The van der Waals surface area contributed by atoms with Crippen molar-refractivity contribution >= 4 is 0 Å². The molecule has 17 heavy (non-hydrogen) atoms. The maximum Gasteiger partial charge on any atom is 0.0629 e. The fraction of sp³-hybridized carbons (Fsp3) is 0.600. The molecule has 1 aromatic rings. The van der Waals surface area contributed by atoms with Gasteiger partial charge in [-0.15, -0.1) is 0 Å². The summed E-state index contributed by atoms with van der Waals surface area (Å²) in [6.45, 7) is 3.10. The summed E-state index contributed by atoms with van der Waals surface area (Å²) in [5, 5.41) is 0. The lowest BCUT2D eigenvalue weighted by molar-refractivity contribution is -0.0937. The Hall–Kier alpha value is -0.860. The Labute approximate surface area is 103 Å². The number of rotatable bonds is 2. The molecule has 3 aliphatic rings. The SMILES string of the molecule is c1ccc(CN2C3CCCC34COCC24)cc1. The summed E-state index contributed by atoms with van der Waals surface area (Å²) in [4.78, 5) is 2.69. The molecule has 3 unspecified atom stereocenters. The van der Waals surface area contributed by atoms with E-state index >= 15 is 0 Å². The monoisotopic (exact) mass is 229 g/mol. The minimum absolute atomic E-state index is 0.550. The molecule has 0 amide bonds. The van der Waals surface area contributed by atoms with E-state index in [1.165, 1.54) is 24.8 Å². The van der Waals surface area contributed by atoms with Crippen LogP contribution in [-0.2, 0) is 11.3 Å². The maximum atomic E-state index is 5.76. The van der Waals surface area contributed by atoms with Crippen LogP contribution in [0.5, 0.6) is 0 Å². The smallest absolute Gasteiger partial charge is 0.0629 e. The van der Waals surface area contributed by atoms with E-state index in [-0.39, 0.29) is 0 Å². The molecule has 0 bridgehead atoms. The third-order valence-electron chi connectivity index (χ3n) is 5.10. The molecule has 1 aliphatic carbocycles. The van der Waals surface area contributed by atoms with E-state index in [1.807, 2.05) is 0 Å². The molecule has 3 atom stereocenters. The average molecular weight is 229 g/mol. The number of nitrogens with zero attached hydrogens (tertiary/aromatic N) is 1. The fourth-order valence-corrected chi connectivity index (χ4v) is 4.33. The number of benzene rings is 1. The van der Waals surface area contributed by atoms with Gasteiger partial charge in [-0.25, -0.2) is 0 Å². The van der Waals surface area contributed by atoms with Crippen molar-refractivity contribution in [1.29, 1.82) is 0 Å². The molecule has 4 rings (SSSR count). The van der Waals surface area contributed by atoms with Crippen LogP contribution in [0.15, 0.2) is 30.3 Å². The molecule has 0 N–H and O–H groups in total. The Morgan fingerprint density at radius 2 is 2.12 bits per heavy atom. The van der Waals surface area contributed by atoms with Gasteiger partial charge in [-0.05, 0) is 18.4 Å². The first kappa shape index (κ1) is 10.1. The minimum Gasteiger partial charge on any atom is -0.379 e. The van der Waals surface area contributed by atoms with Gasteiger partial charge < -0.3 is 4.74 Å². The molecule has 1 aromatic carbocycles. The van der Waals surface area contributed by atoms with Gasteiger partial charge in [0, 0.05) is 24.0 Å². The van der Waals surface area contributed by atoms with Crippen molar-refractivity contribution < 1.29 is 4.74 Å². The van der Waals surface area contributed by atoms with Crippen molar-refractivity contribution in [3.63, 3.8) is 0 Å². The largest absolute Gasteiger partial charge is 0.379 e. The van der Waals surface area contributed by atoms with Crippen molar-refractivity contribution in [2.75, 3.05) is 13.2 Å². The van der Waals surface area contributed by atoms with Crippen molar-refractivity contribution in [2.24, 2.45) is 5.41 Å². The van der Waals surface area contributed by atoms with Gasteiger partial charge in [0.25, 0.3) is 0 Å². The van der Waals surface area contributed by atoms with Gasteiger partial charge in [0.15, 0.2) is 0 Å². The Kier molecular flexibility index (Phi) is 2.12. The first-order valence-electron chi connectivity index (χ1n) is 6.78. The van der Waals surface area contributed by atoms with Crippen LogP contribution < -0.4 is 0 Å². The Morgan fingerprint density at radius 3 is 3.00 bits per heavy atom. The number of hydrogen-bond acceptors (Lipinski definition) is 2. The number of ether oxygens (including phenoxy) is 1. The van der Waals surface area contributed by atoms with Crippen LogP contribution in [0.2, 0.25) is 0 Å². The lowest BCUT2D eigenvalue weighted by atomic mass is 9.68. The summed E-state index contributed by atoms with van der Waals surface area (Å²) >= 11 is 0. The van der Waals surface area contributed by atoms with E-state index in [1.54, 1.807) is 0 Å². The summed E-state index contributed by atoms with van der Waals surface area (Å²) < 4.78 is 5.76. The molecule has 2 aliphatic heterocycles. The molecule has 3 fully saturated rings. The van der Waals surface area contributed by atoms with Crippen LogP contribution in [0, 0.1) is 5.41 Å². The third kappa shape index (κ3) is 1.28. The van der Waals surface area contributed by atoms with E-state index in [2.05, 4.69) is 35.2 Å². The lowest BCUT2D eigenvalue weighted by Gasteiger charge is -2.57. The quantitative estimate of drug-likeness (QED) is 0.772. The van der Waals surface area contributed by atoms with Gasteiger partial charge >= 0.3 is 0 Å². The molecular weight excluding hydrogens is 210 g/mol. The Morgan fingerprint density at radius 1 is 1.24 bits per heavy atom. The number of hydrogen-bond donors (Lipinski definition) is 0. The van der Waals surface area contributed by atoms with E-state index < -0.39 is 0 Å². The minimum atomic E-state index is 0.550. The van der Waals surface area contributed by atoms with Gasteiger partial charge in [0.2, 0.25) is 0 Å². The molecule has 0 radical (unpaired) electrons. The van der Waals surface area contributed by atoms with Gasteiger partial charge in [-0.2, -0.15) is 0 Å². The summed E-state index contributed by atoms with van der Waals surface area (Å²) in [6, 6.07) is 12.4. The molecule has 1 saturated carbocycles. The zero-order valence-electron chi connectivity index (χ0n) is 10.1. The zero-order chi connectivity index (χ0) is 11.3. The molecule has 90 valence electrons. The Balaban J connectivity index is 1.56. The summed E-state index contributed by atoms with van der Waals surface area (Å²) in [5.41, 5.74) is 1.99.